The van der Waals surface area contributed by atoms with Crippen molar-refractivity contribution in [2.45, 2.75) is 6.54 Å². The first-order valence-electron chi connectivity index (χ1n) is 5.93. The van der Waals surface area contributed by atoms with Crippen LogP contribution in [-0.2, 0) is 6.54 Å². The van der Waals surface area contributed by atoms with Gasteiger partial charge in [0, 0.05) is 17.7 Å². The van der Waals surface area contributed by atoms with Gasteiger partial charge < -0.3 is 10.1 Å². The number of rotatable bonds is 4. The minimum Gasteiger partial charge on any atom is -0.494 e. The molecular weight excluding hydrogens is 248 g/mol. The lowest BCUT2D eigenvalue weighted by Gasteiger charge is -2.09. The summed E-state index contributed by atoms with van der Waals surface area (Å²) in [6, 6.07) is 9.50. The van der Waals surface area contributed by atoms with Gasteiger partial charge in [-0.25, -0.2) is 8.78 Å². The number of halogens is 2. The second kappa shape index (κ2) is 5.80. The first kappa shape index (κ1) is 13.5. The molecular formula is C15H15F2NO. The van der Waals surface area contributed by atoms with Crippen LogP contribution in [0.5, 0.6) is 5.75 Å². The van der Waals surface area contributed by atoms with Gasteiger partial charge in [0.05, 0.1) is 7.11 Å². The van der Waals surface area contributed by atoms with Gasteiger partial charge in [-0.2, -0.15) is 0 Å². The highest BCUT2D eigenvalue weighted by molar-refractivity contribution is 5.66. The van der Waals surface area contributed by atoms with E-state index in [1.165, 1.54) is 19.2 Å². The Balaban J connectivity index is 2.45. The maximum absolute atomic E-state index is 14.1. The van der Waals surface area contributed by atoms with Crippen LogP contribution < -0.4 is 10.1 Å². The van der Waals surface area contributed by atoms with Crippen LogP contribution in [0.1, 0.15) is 5.56 Å². The van der Waals surface area contributed by atoms with E-state index in [0.29, 0.717) is 23.2 Å². The molecule has 0 aliphatic carbocycles. The van der Waals surface area contributed by atoms with E-state index < -0.39 is 5.82 Å². The minimum atomic E-state index is -0.481. The summed E-state index contributed by atoms with van der Waals surface area (Å²) in [5.41, 5.74) is 1.37. The fraction of sp³-hybridized carbons (Fsp3) is 0.200. The molecule has 2 nitrogen and oxygen atoms in total. The lowest BCUT2D eigenvalue weighted by molar-refractivity contribution is 0.387. The van der Waals surface area contributed by atoms with Crippen LogP contribution in [0.25, 0.3) is 11.1 Å². The summed E-state index contributed by atoms with van der Waals surface area (Å²) in [5.74, 6) is -0.683. The fourth-order valence-corrected chi connectivity index (χ4v) is 1.94. The third-order valence-corrected chi connectivity index (χ3v) is 2.91. The number of hydrogen-bond acceptors (Lipinski definition) is 2. The second-order valence-electron chi connectivity index (χ2n) is 4.16. The van der Waals surface area contributed by atoms with Gasteiger partial charge in [0.15, 0.2) is 11.6 Å². The molecule has 0 saturated carbocycles. The molecule has 0 amide bonds. The van der Waals surface area contributed by atoms with Gasteiger partial charge in [0.1, 0.15) is 5.82 Å². The number of ether oxygens (including phenoxy) is 1. The van der Waals surface area contributed by atoms with Crippen molar-refractivity contribution in [2.24, 2.45) is 0 Å². The summed E-state index contributed by atoms with van der Waals surface area (Å²) in [6.45, 7) is 0.437. The summed E-state index contributed by atoms with van der Waals surface area (Å²) >= 11 is 0. The number of hydrogen-bond donors (Lipinski definition) is 1. The van der Waals surface area contributed by atoms with Crippen molar-refractivity contribution in [1.82, 2.24) is 5.32 Å². The third-order valence-electron chi connectivity index (χ3n) is 2.91. The van der Waals surface area contributed by atoms with Crippen molar-refractivity contribution in [3.8, 4) is 16.9 Å². The van der Waals surface area contributed by atoms with Gasteiger partial charge in [-0.15, -0.1) is 0 Å². The lowest BCUT2D eigenvalue weighted by Crippen LogP contribution is -2.06. The van der Waals surface area contributed by atoms with E-state index in [9.17, 15) is 8.78 Å². The Morgan fingerprint density at radius 3 is 2.58 bits per heavy atom. The molecule has 0 atom stereocenters. The predicted molar refractivity (Wildman–Crippen MR) is 71.1 cm³/mol. The van der Waals surface area contributed by atoms with Crippen LogP contribution in [0, 0.1) is 11.6 Å². The van der Waals surface area contributed by atoms with E-state index in [2.05, 4.69) is 5.32 Å². The smallest absolute Gasteiger partial charge is 0.172 e. The molecule has 19 heavy (non-hydrogen) atoms. The van der Waals surface area contributed by atoms with E-state index in [0.717, 1.165) is 0 Å². The molecule has 100 valence electrons. The van der Waals surface area contributed by atoms with Crippen molar-refractivity contribution < 1.29 is 13.5 Å². The predicted octanol–water partition coefficient (Wildman–Crippen LogP) is 3.36. The molecule has 2 aromatic rings. The van der Waals surface area contributed by atoms with Crippen LogP contribution in [-0.4, -0.2) is 14.2 Å². The van der Waals surface area contributed by atoms with Crippen LogP contribution in [0.15, 0.2) is 36.4 Å². The highest BCUT2D eigenvalue weighted by Crippen LogP contribution is 2.29. The molecule has 2 rings (SSSR count). The zero-order chi connectivity index (χ0) is 13.8. The second-order valence-corrected chi connectivity index (χ2v) is 4.16. The van der Waals surface area contributed by atoms with Crippen LogP contribution >= 0.6 is 0 Å². The van der Waals surface area contributed by atoms with Crippen LogP contribution in [0.4, 0.5) is 8.78 Å². The van der Waals surface area contributed by atoms with Crippen LogP contribution in [0.3, 0.4) is 0 Å². The summed E-state index contributed by atoms with van der Waals surface area (Å²) in [6.07, 6.45) is 0. The molecule has 0 unspecified atom stereocenters. The standard InChI is InChI=1S/C15H15F2NO/c1-18-9-11-7-6-10(8-13(11)16)12-4-3-5-14(19-2)15(12)17/h3-8,18H,9H2,1-2H3. The van der Waals surface area contributed by atoms with E-state index in [4.69, 9.17) is 4.74 Å². The van der Waals surface area contributed by atoms with E-state index >= 15 is 0 Å². The van der Waals surface area contributed by atoms with Crippen LogP contribution in [0.2, 0.25) is 0 Å². The maximum Gasteiger partial charge on any atom is 0.172 e. The van der Waals surface area contributed by atoms with Gasteiger partial charge in [-0.3, -0.25) is 0 Å². The average molecular weight is 263 g/mol. The van der Waals surface area contributed by atoms with Crippen molar-refractivity contribution >= 4 is 0 Å². The number of methoxy groups -OCH3 is 1. The van der Waals surface area contributed by atoms with Crippen molar-refractivity contribution in [3.63, 3.8) is 0 Å². The quantitative estimate of drug-likeness (QED) is 0.913. The highest BCUT2D eigenvalue weighted by atomic mass is 19.1. The summed E-state index contributed by atoms with van der Waals surface area (Å²) < 4.78 is 32.8. The normalized spacial score (nSPS) is 10.5. The van der Waals surface area contributed by atoms with Crippen molar-refractivity contribution in [2.75, 3.05) is 14.2 Å². The number of benzene rings is 2. The summed E-state index contributed by atoms with van der Waals surface area (Å²) in [5, 5.41) is 2.88. The first-order valence-corrected chi connectivity index (χ1v) is 5.93. The topological polar surface area (TPSA) is 21.3 Å². The molecule has 0 aromatic heterocycles. The third kappa shape index (κ3) is 2.74. The van der Waals surface area contributed by atoms with E-state index in [1.807, 2.05) is 0 Å². The molecule has 0 aliphatic rings. The molecule has 0 aliphatic heterocycles. The Hall–Kier alpha value is -1.94. The van der Waals surface area contributed by atoms with E-state index in [1.54, 1.807) is 31.3 Å². The Morgan fingerprint density at radius 2 is 1.95 bits per heavy atom. The zero-order valence-electron chi connectivity index (χ0n) is 10.8. The molecule has 0 spiro atoms. The van der Waals surface area contributed by atoms with E-state index in [-0.39, 0.29) is 11.6 Å². The molecule has 0 radical (unpaired) electrons. The molecule has 0 bridgehead atoms. The van der Waals surface area contributed by atoms with Crippen molar-refractivity contribution in [3.05, 3.63) is 53.6 Å². The SMILES string of the molecule is CNCc1ccc(-c2cccc(OC)c2F)cc1F. The van der Waals surface area contributed by atoms with Gasteiger partial charge in [-0.1, -0.05) is 24.3 Å². The van der Waals surface area contributed by atoms with Gasteiger partial charge >= 0.3 is 0 Å². The van der Waals surface area contributed by atoms with Gasteiger partial charge in [0.2, 0.25) is 0 Å². The largest absolute Gasteiger partial charge is 0.494 e. The first-order chi connectivity index (χ1) is 9.17. The molecule has 0 heterocycles. The average Bonchev–Trinajstić information content (AvgIpc) is 2.42. The Kier molecular flexibility index (Phi) is 4.12. The molecule has 2 aromatic carbocycles. The molecule has 0 fully saturated rings. The Morgan fingerprint density at radius 1 is 1.16 bits per heavy atom. The molecule has 1 N–H and O–H groups in total. The number of nitrogens with one attached hydrogen (secondary N) is 1. The minimum absolute atomic E-state index is 0.150. The van der Waals surface area contributed by atoms with Gasteiger partial charge in [0.25, 0.3) is 0 Å². The Labute approximate surface area is 111 Å². The van der Waals surface area contributed by atoms with Gasteiger partial charge in [-0.05, 0) is 24.7 Å². The zero-order valence-corrected chi connectivity index (χ0v) is 10.8. The fourth-order valence-electron chi connectivity index (χ4n) is 1.94. The lowest BCUT2D eigenvalue weighted by atomic mass is 10.0. The highest BCUT2D eigenvalue weighted by Gasteiger charge is 2.12. The summed E-state index contributed by atoms with van der Waals surface area (Å²) in [4.78, 5) is 0. The van der Waals surface area contributed by atoms with Crippen molar-refractivity contribution in [1.29, 1.82) is 0 Å². The molecule has 0 saturated heterocycles. The maximum atomic E-state index is 14.1. The Bertz CT molecular complexity index is 584. The summed E-state index contributed by atoms with van der Waals surface area (Å²) in [7, 11) is 3.15. The monoisotopic (exact) mass is 263 g/mol. The molecule has 4 heteroatoms.